The van der Waals surface area contributed by atoms with Crippen molar-refractivity contribution in [2.24, 2.45) is 0 Å². The van der Waals surface area contributed by atoms with E-state index >= 15 is 0 Å². The van der Waals surface area contributed by atoms with Crippen molar-refractivity contribution in [3.63, 3.8) is 0 Å². The summed E-state index contributed by atoms with van der Waals surface area (Å²) in [6.45, 7) is 0. The first kappa shape index (κ1) is 16.2. The maximum Gasteiger partial charge on any atom is 0.240 e. The van der Waals surface area contributed by atoms with Crippen molar-refractivity contribution in [3.8, 4) is 5.88 Å². The Bertz CT molecular complexity index is 763. The largest absolute Gasteiger partial charge is 0.479 e. The zero-order valence-electron chi connectivity index (χ0n) is 14.0. The highest BCUT2D eigenvalue weighted by Crippen LogP contribution is 2.28. The van der Waals surface area contributed by atoms with E-state index in [1.54, 1.807) is 19.5 Å². The molecule has 0 atom stereocenters. The molecule has 4 rings (SSSR count). The molecule has 0 aliphatic heterocycles. The van der Waals surface area contributed by atoms with Crippen LogP contribution in [-0.4, -0.2) is 17.1 Å². The Kier molecular flexibility index (Phi) is 5.61. The third-order valence-electron chi connectivity index (χ3n) is 4.12. The lowest BCUT2D eigenvalue weighted by Gasteiger charge is -2.10. The minimum atomic E-state index is 0.536. The van der Waals surface area contributed by atoms with E-state index in [0.717, 1.165) is 22.3 Å². The van der Waals surface area contributed by atoms with Gasteiger partial charge >= 0.3 is 0 Å². The maximum atomic E-state index is 5.23. The summed E-state index contributed by atoms with van der Waals surface area (Å²) in [4.78, 5) is 8.49. The fourth-order valence-electron chi connectivity index (χ4n) is 2.87. The lowest BCUT2D eigenvalue weighted by atomic mass is 10.2. The first-order valence-electron chi connectivity index (χ1n) is 8.48. The van der Waals surface area contributed by atoms with Crippen molar-refractivity contribution >= 4 is 22.3 Å². The average molecular weight is 321 g/mol. The van der Waals surface area contributed by atoms with Crippen LogP contribution in [0.5, 0.6) is 5.88 Å². The molecule has 4 nitrogen and oxygen atoms in total. The molecule has 1 saturated carbocycles. The van der Waals surface area contributed by atoms with Gasteiger partial charge in [-0.1, -0.05) is 50.3 Å². The van der Waals surface area contributed by atoms with Crippen LogP contribution >= 0.6 is 0 Å². The van der Waals surface area contributed by atoms with Crippen LogP contribution in [0.3, 0.4) is 0 Å². The minimum Gasteiger partial charge on any atom is -0.479 e. The molecule has 0 spiro atoms. The van der Waals surface area contributed by atoms with Crippen LogP contribution < -0.4 is 10.1 Å². The number of anilines is 2. The van der Waals surface area contributed by atoms with Gasteiger partial charge < -0.3 is 10.1 Å². The van der Waals surface area contributed by atoms with Crippen LogP contribution in [0.1, 0.15) is 32.1 Å². The summed E-state index contributed by atoms with van der Waals surface area (Å²) < 4.78 is 5.23. The molecule has 4 heteroatoms. The summed E-state index contributed by atoms with van der Waals surface area (Å²) in [6, 6.07) is 13.9. The second kappa shape index (κ2) is 8.29. The highest BCUT2D eigenvalue weighted by molar-refractivity contribution is 5.95. The van der Waals surface area contributed by atoms with E-state index in [2.05, 4.69) is 15.3 Å². The fraction of sp³-hybridized carbons (Fsp3) is 0.300. The standard InChI is InChI=1S/C15H13N3O.C5H10/c1-19-15-14-12(7-9-17-15)13(8-10-16-14)18-11-5-3-2-4-6-11;1-2-4-5-3-1/h2-10H,1H3,(H,16,18);1-5H2. The van der Waals surface area contributed by atoms with E-state index in [0.29, 0.717) is 5.88 Å². The van der Waals surface area contributed by atoms with Crippen molar-refractivity contribution in [1.29, 1.82) is 0 Å². The van der Waals surface area contributed by atoms with E-state index in [1.165, 1.54) is 32.1 Å². The molecule has 1 N–H and O–H groups in total. The van der Waals surface area contributed by atoms with Gasteiger partial charge in [-0.15, -0.1) is 0 Å². The van der Waals surface area contributed by atoms with Crippen molar-refractivity contribution < 1.29 is 4.74 Å². The Morgan fingerprint density at radius 2 is 1.50 bits per heavy atom. The molecular weight excluding hydrogens is 298 g/mol. The highest BCUT2D eigenvalue weighted by atomic mass is 16.5. The molecule has 2 aromatic heterocycles. The van der Waals surface area contributed by atoms with Gasteiger partial charge in [0.1, 0.15) is 5.52 Å². The average Bonchev–Trinajstić information content (AvgIpc) is 3.22. The number of nitrogens with one attached hydrogen (secondary N) is 1. The van der Waals surface area contributed by atoms with E-state index in [-0.39, 0.29) is 0 Å². The fourth-order valence-corrected chi connectivity index (χ4v) is 2.87. The van der Waals surface area contributed by atoms with Crippen molar-refractivity contribution in [3.05, 3.63) is 54.9 Å². The van der Waals surface area contributed by atoms with Crippen LogP contribution in [0.15, 0.2) is 54.9 Å². The van der Waals surface area contributed by atoms with Gasteiger partial charge in [0.15, 0.2) is 0 Å². The second-order valence-electron chi connectivity index (χ2n) is 5.83. The number of rotatable bonds is 3. The highest BCUT2D eigenvalue weighted by Gasteiger charge is 2.07. The Balaban J connectivity index is 0.000000290. The maximum absolute atomic E-state index is 5.23. The molecule has 0 amide bonds. The number of methoxy groups -OCH3 is 1. The minimum absolute atomic E-state index is 0.536. The summed E-state index contributed by atoms with van der Waals surface area (Å²) in [7, 11) is 1.60. The third-order valence-corrected chi connectivity index (χ3v) is 4.12. The number of hydrogen-bond donors (Lipinski definition) is 1. The van der Waals surface area contributed by atoms with Crippen LogP contribution in [0.2, 0.25) is 0 Å². The van der Waals surface area contributed by atoms with Gasteiger partial charge in [0.25, 0.3) is 0 Å². The van der Waals surface area contributed by atoms with Gasteiger partial charge in [0, 0.05) is 29.2 Å². The van der Waals surface area contributed by atoms with Crippen molar-refractivity contribution in [2.45, 2.75) is 32.1 Å². The zero-order valence-corrected chi connectivity index (χ0v) is 14.0. The SMILES string of the molecule is C1CCCC1.COc1nccc2c(Nc3ccccc3)ccnc12. The molecule has 0 saturated heterocycles. The number of benzene rings is 1. The van der Waals surface area contributed by atoms with Gasteiger partial charge in [-0.05, 0) is 24.3 Å². The number of fused-ring (bicyclic) bond motifs is 1. The Hall–Kier alpha value is -2.62. The van der Waals surface area contributed by atoms with Crippen molar-refractivity contribution in [2.75, 3.05) is 12.4 Å². The Labute approximate surface area is 142 Å². The Morgan fingerprint density at radius 1 is 0.833 bits per heavy atom. The topological polar surface area (TPSA) is 47.0 Å². The molecule has 3 aromatic rings. The molecule has 1 aliphatic rings. The van der Waals surface area contributed by atoms with E-state index < -0.39 is 0 Å². The predicted octanol–water partition coefficient (Wildman–Crippen LogP) is 5.33. The number of ether oxygens (including phenoxy) is 1. The molecule has 0 bridgehead atoms. The summed E-state index contributed by atoms with van der Waals surface area (Å²) in [6.07, 6.45) is 11.0. The first-order chi connectivity index (χ1) is 11.9. The van der Waals surface area contributed by atoms with Crippen LogP contribution in [-0.2, 0) is 0 Å². The molecule has 0 unspecified atom stereocenters. The molecule has 1 fully saturated rings. The van der Waals surface area contributed by atoms with Gasteiger partial charge in [-0.2, -0.15) is 0 Å². The van der Waals surface area contributed by atoms with E-state index in [1.807, 2.05) is 42.5 Å². The number of aromatic nitrogens is 2. The molecule has 2 heterocycles. The van der Waals surface area contributed by atoms with Gasteiger partial charge in [-0.25, -0.2) is 4.98 Å². The summed E-state index contributed by atoms with van der Waals surface area (Å²) in [5.41, 5.74) is 2.77. The number of para-hydroxylation sites is 1. The number of pyridine rings is 2. The van der Waals surface area contributed by atoms with Crippen LogP contribution in [0.25, 0.3) is 10.9 Å². The molecule has 1 aliphatic carbocycles. The van der Waals surface area contributed by atoms with Gasteiger partial charge in [0.05, 0.1) is 7.11 Å². The summed E-state index contributed by atoms with van der Waals surface area (Å²) >= 11 is 0. The van der Waals surface area contributed by atoms with Gasteiger partial charge in [0.2, 0.25) is 5.88 Å². The second-order valence-corrected chi connectivity index (χ2v) is 5.83. The predicted molar refractivity (Wildman–Crippen MR) is 98.9 cm³/mol. The van der Waals surface area contributed by atoms with E-state index in [9.17, 15) is 0 Å². The molecule has 1 aromatic carbocycles. The smallest absolute Gasteiger partial charge is 0.240 e. The molecule has 24 heavy (non-hydrogen) atoms. The number of hydrogen-bond acceptors (Lipinski definition) is 4. The normalized spacial score (nSPS) is 13.2. The molecule has 0 radical (unpaired) electrons. The third kappa shape index (κ3) is 4.02. The zero-order chi connectivity index (χ0) is 16.6. The van der Waals surface area contributed by atoms with E-state index in [4.69, 9.17) is 4.74 Å². The summed E-state index contributed by atoms with van der Waals surface area (Å²) in [5, 5.41) is 4.36. The first-order valence-corrected chi connectivity index (χ1v) is 8.48. The lowest BCUT2D eigenvalue weighted by molar-refractivity contribution is 0.402. The van der Waals surface area contributed by atoms with Crippen LogP contribution in [0, 0.1) is 0 Å². The monoisotopic (exact) mass is 321 g/mol. The Morgan fingerprint density at radius 3 is 2.17 bits per heavy atom. The summed E-state index contributed by atoms with van der Waals surface area (Å²) in [5.74, 6) is 0.536. The quantitative estimate of drug-likeness (QED) is 0.708. The lowest BCUT2D eigenvalue weighted by Crippen LogP contribution is -1.95. The molecule has 124 valence electrons. The molecular formula is C20H23N3O. The van der Waals surface area contributed by atoms with Crippen LogP contribution in [0.4, 0.5) is 11.4 Å². The van der Waals surface area contributed by atoms with Gasteiger partial charge in [-0.3, -0.25) is 4.98 Å². The van der Waals surface area contributed by atoms with Crippen molar-refractivity contribution in [1.82, 2.24) is 9.97 Å². The number of nitrogens with zero attached hydrogens (tertiary/aromatic N) is 2.